The minimum Gasteiger partial charge on any atom is -0.374 e. The van der Waals surface area contributed by atoms with Gasteiger partial charge in [-0.2, -0.15) is 0 Å². The summed E-state index contributed by atoms with van der Waals surface area (Å²) in [5.74, 6) is 0. The van der Waals surface area contributed by atoms with Crippen molar-refractivity contribution in [3.63, 3.8) is 0 Å². The zero-order valence-corrected chi connectivity index (χ0v) is 10.1. The third-order valence-corrected chi connectivity index (χ3v) is 2.68. The molecule has 15 heavy (non-hydrogen) atoms. The van der Waals surface area contributed by atoms with E-state index in [1.54, 1.807) is 0 Å². The second kappa shape index (κ2) is 6.64. The third kappa shape index (κ3) is 4.49. The second-order valence-corrected chi connectivity index (χ2v) is 4.02. The maximum Gasteiger partial charge on any atom is 0.0398 e. The molecule has 0 amide bonds. The van der Waals surface area contributed by atoms with Gasteiger partial charge in [0.15, 0.2) is 0 Å². The molecule has 0 atom stereocenters. The van der Waals surface area contributed by atoms with E-state index in [1.165, 1.54) is 11.3 Å². The summed E-state index contributed by atoms with van der Waals surface area (Å²) in [4.78, 5) is 2.28. The summed E-state index contributed by atoms with van der Waals surface area (Å²) in [6.07, 6.45) is 4.42. The van der Waals surface area contributed by atoms with E-state index in [0.717, 1.165) is 32.7 Å². The smallest absolute Gasteiger partial charge is 0.0398 e. The van der Waals surface area contributed by atoms with Crippen LogP contribution in [0, 0.1) is 0 Å². The van der Waals surface area contributed by atoms with Crippen molar-refractivity contribution in [2.45, 2.75) is 13.8 Å². The fraction of sp³-hybridized carbons (Fsp3) is 0.667. The van der Waals surface area contributed by atoms with Gasteiger partial charge in [0.2, 0.25) is 0 Å². The van der Waals surface area contributed by atoms with Gasteiger partial charge in [-0.3, -0.25) is 0 Å². The monoisotopic (exact) mass is 209 g/mol. The first-order chi connectivity index (χ1) is 7.24. The van der Waals surface area contributed by atoms with Crippen molar-refractivity contribution in [3.05, 3.63) is 23.4 Å². The number of rotatable bonds is 6. The van der Waals surface area contributed by atoms with Gasteiger partial charge in [0.1, 0.15) is 0 Å². The van der Waals surface area contributed by atoms with Crippen LogP contribution in [-0.2, 0) is 0 Å². The van der Waals surface area contributed by atoms with Crippen LogP contribution in [0.2, 0.25) is 0 Å². The highest BCUT2D eigenvalue weighted by atomic mass is 15.1. The normalized spacial score (nSPS) is 16.3. The molecular weight excluding hydrogens is 186 g/mol. The number of allylic oxidation sites excluding steroid dienone is 3. The first-order valence-corrected chi connectivity index (χ1v) is 5.73. The number of hydrogen-bond donors (Lipinski definition) is 2. The Kier molecular flexibility index (Phi) is 5.43. The Morgan fingerprint density at radius 3 is 2.67 bits per heavy atom. The van der Waals surface area contributed by atoms with Gasteiger partial charge < -0.3 is 15.5 Å². The highest BCUT2D eigenvalue weighted by molar-refractivity contribution is 5.23. The molecule has 0 saturated heterocycles. The standard InChI is InChI=1S/C12H23N3/c1-4-13-7-8-14-9-12-6-5-11(2)15(3)10-12/h5-6,13-14H,4,7-10H2,1-3H3. The average molecular weight is 209 g/mol. The largest absolute Gasteiger partial charge is 0.374 e. The molecule has 86 valence electrons. The lowest BCUT2D eigenvalue weighted by Gasteiger charge is -2.25. The topological polar surface area (TPSA) is 27.3 Å². The molecule has 0 spiro atoms. The van der Waals surface area contributed by atoms with Crippen molar-refractivity contribution in [1.82, 2.24) is 15.5 Å². The van der Waals surface area contributed by atoms with E-state index in [2.05, 4.69) is 48.6 Å². The first kappa shape index (κ1) is 12.3. The molecule has 0 radical (unpaired) electrons. The Hall–Kier alpha value is -0.800. The van der Waals surface area contributed by atoms with Crippen LogP contribution in [-0.4, -0.2) is 44.7 Å². The number of hydrogen-bond acceptors (Lipinski definition) is 3. The van der Waals surface area contributed by atoms with E-state index in [9.17, 15) is 0 Å². The maximum atomic E-state index is 3.44. The molecule has 0 saturated carbocycles. The van der Waals surface area contributed by atoms with Crippen LogP contribution < -0.4 is 10.6 Å². The summed E-state index contributed by atoms with van der Waals surface area (Å²) in [7, 11) is 2.14. The van der Waals surface area contributed by atoms with Crippen molar-refractivity contribution >= 4 is 0 Å². The van der Waals surface area contributed by atoms with Crippen LogP contribution in [0.15, 0.2) is 23.4 Å². The van der Waals surface area contributed by atoms with Crippen molar-refractivity contribution in [2.75, 3.05) is 39.8 Å². The molecule has 1 aliphatic rings. The van der Waals surface area contributed by atoms with E-state index in [0.29, 0.717) is 0 Å². The molecule has 1 aliphatic heterocycles. The highest BCUT2D eigenvalue weighted by Crippen LogP contribution is 2.10. The predicted molar refractivity (Wildman–Crippen MR) is 65.9 cm³/mol. The van der Waals surface area contributed by atoms with Crippen LogP contribution in [0.5, 0.6) is 0 Å². The lowest BCUT2D eigenvalue weighted by Crippen LogP contribution is -2.31. The molecule has 1 rings (SSSR count). The van der Waals surface area contributed by atoms with Crippen molar-refractivity contribution < 1.29 is 0 Å². The summed E-state index contributed by atoms with van der Waals surface area (Å²) in [5, 5.41) is 6.74. The quantitative estimate of drug-likeness (QED) is 0.638. The van der Waals surface area contributed by atoms with E-state index in [1.807, 2.05) is 0 Å². The molecule has 0 unspecified atom stereocenters. The van der Waals surface area contributed by atoms with Crippen LogP contribution in [0.3, 0.4) is 0 Å². The Bertz CT molecular complexity index is 243. The number of likely N-dealkylation sites (N-methyl/N-ethyl adjacent to an activating group) is 2. The predicted octanol–water partition coefficient (Wildman–Crippen LogP) is 0.961. The summed E-state index contributed by atoms with van der Waals surface area (Å²) in [6, 6.07) is 0. The van der Waals surface area contributed by atoms with Crippen molar-refractivity contribution in [1.29, 1.82) is 0 Å². The molecule has 0 aromatic carbocycles. The third-order valence-electron chi connectivity index (χ3n) is 2.68. The molecule has 3 heteroatoms. The molecule has 0 fully saturated rings. The average Bonchev–Trinajstić information content (AvgIpc) is 2.23. The Labute approximate surface area is 93.2 Å². The zero-order chi connectivity index (χ0) is 11.1. The number of nitrogens with zero attached hydrogens (tertiary/aromatic N) is 1. The molecule has 0 bridgehead atoms. The molecule has 2 N–H and O–H groups in total. The fourth-order valence-corrected chi connectivity index (χ4v) is 1.57. The van der Waals surface area contributed by atoms with E-state index in [4.69, 9.17) is 0 Å². The summed E-state index contributed by atoms with van der Waals surface area (Å²) >= 11 is 0. The van der Waals surface area contributed by atoms with Gasteiger partial charge in [-0.15, -0.1) is 0 Å². The molecular formula is C12H23N3. The Balaban J connectivity index is 2.17. The van der Waals surface area contributed by atoms with Gasteiger partial charge in [-0.25, -0.2) is 0 Å². The van der Waals surface area contributed by atoms with Crippen molar-refractivity contribution in [3.8, 4) is 0 Å². The van der Waals surface area contributed by atoms with Gasteiger partial charge >= 0.3 is 0 Å². The lowest BCUT2D eigenvalue weighted by molar-refractivity contribution is 0.441. The van der Waals surface area contributed by atoms with Gasteiger partial charge in [0.05, 0.1) is 0 Å². The lowest BCUT2D eigenvalue weighted by atomic mass is 10.1. The Morgan fingerprint density at radius 2 is 2.00 bits per heavy atom. The summed E-state index contributed by atoms with van der Waals surface area (Å²) < 4.78 is 0. The van der Waals surface area contributed by atoms with Gasteiger partial charge in [0, 0.05) is 38.9 Å². The van der Waals surface area contributed by atoms with Crippen LogP contribution in [0.1, 0.15) is 13.8 Å². The van der Waals surface area contributed by atoms with Crippen LogP contribution >= 0.6 is 0 Å². The second-order valence-electron chi connectivity index (χ2n) is 4.02. The minimum absolute atomic E-state index is 1.000. The summed E-state index contributed by atoms with van der Waals surface area (Å²) in [6.45, 7) is 9.47. The van der Waals surface area contributed by atoms with E-state index < -0.39 is 0 Å². The first-order valence-electron chi connectivity index (χ1n) is 5.73. The maximum absolute atomic E-state index is 3.44. The molecule has 0 aromatic rings. The van der Waals surface area contributed by atoms with Gasteiger partial charge in [0.25, 0.3) is 0 Å². The van der Waals surface area contributed by atoms with Gasteiger partial charge in [-0.05, 0) is 25.1 Å². The zero-order valence-electron chi connectivity index (χ0n) is 10.1. The Morgan fingerprint density at radius 1 is 1.27 bits per heavy atom. The van der Waals surface area contributed by atoms with Crippen molar-refractivity contribution in [2.24, 2.45) is 0 Å². The van der Waals surface area contributed by atoms with Gasteiger partial charge in [-0.1, -0.05) is 13.0 Å². The van der Waals surface area contributed by atoms with Crippen LogP contribution in [0.4, 0.5) is 0 Å². The number of nitrogens with one attached hydrogen (secondary N) is 2. The fourth-order valence-electron chi connectivity index (χ4n) is 1.57. The highest BCUT2D eigenvalue weighted by Gasteiger charge is 2.06. The SMILES string of the molecule is CCNCCNCC1=CC=C(C)N(C)C1. The van der Waals surface area contributed by atoms with E-state index in [-0.39, 0.29) is 0 Å². The van der Waals surface area contributed by atoms with Crippen LogP contribution in [0.25, 0.3) is 0 Å². The minimum atomic E-state index is 1.000. The van der Waals surface area contributed by atoms with E-state index >= 15 is 0 Å². The molecule has 0 aromatic heterocycles. The molecule has 1 heterocycles. The molecule has 0 aliphatic carbocycles. The summed E-state index contributed by atoms with van der Waals surface area (Å²) in [5.41, 5.74) is 2.80. The molecule has 3 nitrogen and oxygen atoms in total.